The predicted octanol–water partition coefficient (Wildman–Crippen LogP) is 1.90. The molecule has 1 N–H and O–H groups in total. The fourth-order valence-electron chi connectivity index (χ4n) is 2.21. The smallest absolute Gasteiger partial charge is 0.368 e. The quantitative estimate of drug-likeness (QED) is 0.845. The van der Waals surface area contributed by atoms with Gasteiger partial charge in [0.25, 0.3) is 0 Å². The summed E-state index contributed by atoms with van der Waals surface area (Å²) in [7, 11) is 0. The van der Waals surface area contributed by atoms with Crippen LogP contribution in [0.15, 0.2) is 6.07 Å². The van der Waals surface area contributed by atoms with E-state index in [9.17, 15) is 18.0 Å². The molecular weight excluding hydrogens is 287 g/mol. The van der Waals surface area contributed by atoms with Crippen molar-refractivity contribution < 1.29 is 22.7 Å². The fraction of sp³-hybridized carbons (Fsp3) is 0.692. The zero-order valence-electron chi connectivity index (χ0n) is 11.7. The molecule has 1 atom stereocenters. The molecule has 1 aromatic heterocycles. The van der Waals surface area contributed by atoms with E-state index in [1.165, 1.54) is 4.68 Å². The van der Waals surface area contributed by atoms with E-state index in [4.69, 9.17) is 4.74 Å². The van der Waals surface area contributed by atoms with Crippen molar-refractivity contribution in [2.75, 3.05) is 13.2 Å². The van der Waals surface area contributed by atoms with Gasteiger partial charge in [-0.05, 0) is 32.3 Å². The molecule has 0 aromatic carbocycles. The number of nitrogens with one attached hydrogen (secondary N) is 1. The number of alkyl halides is 3. The second-order valence-corrected chi connectivity index (χ2v) is 5.04. The van der Waals surface area contributed by atoms with E-state index in [0.717, 1.165) is 18.9 Å². The third-order valence-electron chi connectivity index (χ3n) is 3.34. The molecule has 1 fully saturated rings. The number of amides is 1. The normalized spacial score (nSPS) is 19.0. The Labute approximate surface area is 120 Å². The van der Waals surface area contributed by atoms with Crippen LogP contribution < -0.4 is 5.32 Å². The maximum Gasteiger partial charge on any atom is 0.435 e. The van der Waals surface area contributed by atoms with E-state index in [0.29, 0.717) is 31.8 Å². The Bertz CT molecular complexity index is 493. The van der Waals surface area contributed by atoms with E-state index in [1.807, 2.05) is 0 Å². The highest BCUT2D eigenvalue weighted by Crippen LogP contribution is 2.28. The molecule has 0 bridgehead atoms. The Hall–Kier alpha value is -1.57. The Morgan fingerprint density at radius 2 is 2.33 bits per heavy atom. The van der Waals surface area contributed by atoms with E-state index < -0.39 is 11.9 Å². The van der Waals surface area contributed by atoms with Crippen molar-refractivity contribution in [3.05, 3.63) is 17.5 Å². The van der Waals surface area contributed by atoms with E-state index >= 15 is 0 Å². The van der Waals surface area contributed by atoms with Crippen molar-refractivity contribution in [1.29, 1.82) is 0 Å². The van der Waals surface area contributed by atoms with E-state index in [1.54, 1.807) is 6.92 Å². The first-order valence-corrected chi connectivity index (χ1v) is 6.89. The lowest BCUT2D eigenvalue weighted by Gasteiger charge is -2.10. The number of carbonyl (C=O) groups excluding carboxylic acids is 1. The summed E-state index contributed by atoms with van der Waals surface area (Å²) in [5.74, 6) is -0.152. The number of rotatable bonds is 5. The van der Waals surface area contributed by atoms with Crippen LogP contribution in [0.25, 0.3) is 0 Å². The first-order chi connectivity index (χ1) is 9.88. The van der Waals surface area contributed by atoms with Crippen LogP contribution in [0, 0.1) is 6.92 Å². The monoisotopic (exact) mass is 305 g/mol. The first kappa shape index (κ1) is 15.8. The molecule has 118 valence electrons. The third-order valence-corrected chi connectivity index (χ3v) is 3.34. The number of aryl methyl sites for hydroxylation is 2. The molecule has 1 amide bonds. The largest absolute Gasteiger partial charge is 0.435 e. The molecule has 0 unspecified atom stereocenters. The standard InChI is InChI=1S/C13H18F3N3O2/c1-9-8-11(13(14,15)16)18-19(9)6-3-5-17-12(20)10-4-2-7-21-10/h8,10H,2-7H2,1H3,(H,17,20)/t10-/m1/s1. The summed E-state index contributed by atoms with van der Waals surface area (Å²) in [6.45, 7) is 2.89. The highest BCUT2D eigenvalue weighted by Gasteiger charge is 2.34. The number of nitrogens with zero attached hydrogens (tertiary/aromatic N) is 2. The Morgan fingerprint density at radius 3 is 2.90 bits per heavy atom. The molecule has 21 heavy (non-hydrogen) atoms. The lowest BCUT2D eigenvalue weighted by molar-refractivity contribution is -0.141. The van der Waals surface area contributed by atoms with Gasteiger partial charge in [-0.2, -0.15) is 18.3 Å². The zero-order chi connectivity index (χ0) is 15.5. The topological polar surface area (TPSA) is 56.2 Å². The molecule has 1 aliphatic rings. The summed E-state index contributed by atoms with van der Waals surface area (Å²) in [6, 6.07) is 1.02. The van der Waals surface area contributed by atoms with Gasteiger partial charge < -0.3 is 10.1 Å². The average molecular weight is 305 g/mol. The molecule has 1 aliphatic heterocycles. The number of hydrogen-bond acceptors (Lipinski definition) is 3. The fourth-order valence-corrected chi connectivity index (χ4v) is 2.21. The lowest BCUT2D eigenvalue weighted by Crippen LogP contribution is -2.35. The second-order valence-electron chi connectivity index (χ2n) is 5.04. The maximum absolute atomic E-state index is 12.5. The number of halogens is 3. The van der Waals surface area contributed by atoms with Crippen LogP contribution in [0.2, 0.25) is 0 Å². The van der Waals surface area contributed by atoms with Crippen LogP contribution in [-0.4, -0.2) is 34.9 Å². The summed E-state index contributed by atoms with van der Waals surface area (Å²) in [4.78, 5) is 11.7. The Balaban J connectivity index is 1.76. The number of hydrogen-bond donors (Lipinski definition) is 1. The number of ether oxygens (including phenoxy) is 1. The molecule has 0 aliphatic carbocycles. The van der Waals surface area contributed by atoms with Gasteiger partial charge in [0.1, 0.15) is 6.10 Å². The SMILES string of the molecule is Cc1cc(C(F)(F)F)nn1CCCNC(=O)[C@H]1CCCO1. The molecule has 0 saturated carbocycles. The molecule has 2 heterocycles. The van der Waals surface area contributed by atoms with Crippen LogP contribution in [0.3, 0.4) is 0 Å². The second kappa shape index (κ2) is 6.46. The predicted molar refractivity (Wildman–Crippen MR) is 68.6 cm³/mol. The summed E-state index contributed by atoms with van der Waals surface area (Å²) in [5, 5.41) is 6.25. The van der Waals surface area contributed by atoms with Crippen molar-refractivity contribution in [2.24, 2.45) is 0 Å². The van der Waals surface area contributed by atoms with Gasteiger partial charge in [0.15, 0.2) is 5.69 Å². The third kappa shape index (κ3) is 4.20. The van der Waals surface area contributed by atoms with Crippen molar-refractivity contribution in [1.82, 2.24) is 15.1 Å². The van der Waals surface area contributed by atoms with Crippen LogP contribution in [0.5, 0.6) is 0 Å². The molecule has 2 rings (SSSR count). The number of carbonyl (C=O) groups is 1. The van der Waals surface area contributed by atoms with Gasteiger partial charge in [0, 0.05) is 25.4 Å². The Morgan fingerprint density at radius 1 is 1.57 bits per heavy atom. The molecule has 8 heteroatoms. The van der Waals surface area contributed by atoms with E-state index in [2.05, 4.69) is 10.4 Å². The average Bonchev–Trinajstić information content (AvgIpc) is 3.03. The van der Waals surface area contributed by atoms with Crippen molar-refractivity contribution in [3.63, 3.8) is 0 Å². The van der Waals surface area contributed by atoms with Crippen molar-refractivity contribution >= 4 is 5.91 Å². The summed E-state index contributed by atoms with van der Waals surface area (Å²) in [6.07, 6.45) is -2.69. The van der Waals surface area contributed by atoms with Gasteiger partial charge in [0.2, 0.25) is 5.91 Å². The highest BCUT2D eigenvalue weighted by atomic mass is 19.4. The van der Waals surface area contributed by atoms with Gasteiger partial charge >= 0.3 is 6.18 Å². The van der Waals surface area contributed by atoms with Crippen LogP contribution in [-0.2, 0) is 22.3 Å². The van der Waals surface area contributed by atoms with Crippen LogP contribution in [0.4, 0.5) is 13.2 Å². The molecule has 1 aromatic rings. The molecule has 1 saturated heterocycles. The molecule has 0 radical (unpaired) electrons. The summed E-state index contributed by atoms with van der Waals surface area (Å²) < 4.78 is 44.0. The minimum Gasteiger partial charge on any atom is -0.368 e. The van der Waals surface area contributed by atoms with Gasteiger partial charge in [-0.15, -0.1) is 0 Å². The van der Waals surface area contributed by atoms with Gasteiger partial charge in [0.05, 0.1) is 0 Å². The first-order valence-electron chi connectivity index (χ1n) is 6.89. The maximum atomic E-state index is 12.5. The van der Waals surface area contributed by atoms with Crippen LogP contribution in [0.1, 0.15) is 30.7 Å². The van der Waals surface area contributed by atoms with Gasteiger partial charge in [-0.1, -0.05) is 0 Å². The minimum atomic E-state index is -4.43. The molecular formula is C13H18F3N3O2. The van der Waals surface area contributed by atoms with Crippen molar-refractivity contribution in [2.45, 2.75) is 45.0 Å². The number of aromatic nitrogens is 2. The van der Waals surface area contributed by atoms with Gasteiger partial charge in [-0.25, -0.2) is 0 Å². The van der Waals surface area contributed by atoms with Crippen molar-refractivity contribution in [3.8, 4) is 0 Å². The molecule has 0 spiro atoms. The lowest BCUT2D eigenvalue weighted by atomic mass is 10.2. The Kier molecular flexibility index (Phi) is 4.87. The zero-order valence-corrected chi connectivity index (χ0v) is 11.7. The van der Waals surface area contributed by atoms with E-state index in [-0.39, 0.29) is 12.0 Å². The van der Waals surface area contributed by atoms with Gasteiger partial charge in [-0.3, -0.25) is 9.48 Å². The highest BCUT2D eigenvalue weighted by molar-refractivity contribution is 5.80. The van der Waals surface area contributed by atoms with Crippen LogP contribution >= 0.6 is 0 Å². The minimum absolute atomic E-state index is 0.152. The molecule has 5 nitrogen and oxygen atoms in total. The summed E-state index contributed by atoms with van der Waals surface area (Å²) >= 11 is 0. The summed E-state index contributed by atoms with van der Waals surface area (Å²) in [5.41, 5.74) is -0.434.